The molecule has 26 heavy (non-hydrogen) atoms. The molecule has 0 aliphatic carbocycles. The highest BCUT2D eigenvalue weighted by Crippen LogP contribution is 2.38. The molecule has 1 saturated heterocycles. The Kier molecular flexibility index (Phi) is 6.39. The van der Waals surface area contributed by atoms with Crippen LogP contribution < -0.4 is 14.2 Å². The minimum atomic E-state index is -4.42. The van der Waals surface area contributed by atoms with Crippen molar-refractivity contribution in [1.29, 1.82) is 0 Å². The van der Waals surface area contributed by atoms with E-state index in [-0.39, 0.29) is 13.0 Å². The fraction of sp³-hybridized carbons (Fsp3) is 0.500. The Hall–Kier alpha value is -2.38. The third kappa shape index (κ3) is 4.42. The van der Waals surface area contributed by atoms with Gasteiger partial charge >= 0.3 is 6.18 Å². The predicted molar refractivity (Wildman–Crippen MR) is 90.5 cm³/mol. The van der Waals surface area contributed by atoms with Gasteiger partial charge < -0.3 is 19.1 Å². The molecule has 1 aromatic carbocycles. The fourth-order valence-corrected chi connectivity index (χ4v) is 3.00. The molecule has 0 N–H and O–H groups in total. The molecule has 0 radical (unpaired) electrons. The van der Waals surface area contributed by atoms with Gasteiger partial charge in [0.2, 0.25) is 11.7 Å². The number of hydrogen-bond acceptors (Lipinski definition) is 4. The van der Waals surface area contributed by atoms with E-state index in [2.05, 4.69) is 0 Å². The lowest BCUT2D eigenvalue weighted by molar-refractivity contribution is -0.193. The van der Waals surface area contributed by atoms with Gasteiger partial charge in [-0.2, -0.15) is 13.2 Å². The molecule has 8 heteroatoms. The number of hydrogen-bond donors (Lipinski definition) is 0. The average molecular weight is 373 g/mol. The van der Waals surface area contributed by atoms with Gasteiger partial charge in [-0.1, -0.05) is 0 Å². The van der Waals surface area contributed by atoms with E-state index in [9.17, 15) is 18.0 Å². The minimum Gasteiger partial charge on any atom is -0.493 e. The summed E-state index contributed by atoms with van der Waals surface area (Å²) in [5.74, 6) is 0.516. The van der Waals surface area contributed by atoms with Gasteiger partial charge in [-0.05, 0) is 43.0 Å². The quantitative estimate of drug-likeness (QED) is 0.739. The second kappa shape index (κ2) is 8.33. The molecule has 1 atom stereocenters. The SMILES string of the molecule is COc1cc(C=CC(=O)N2CCCCC2C(F)(F)F)cc(OC)c1OC. The molecule has 1 heterocycles. The summed E-state index contributed by atoms with van der Waals surface area (Å²) in [5, 5.41) is 0. The normalized spacial score (nSPS) is 18.1. The summed E-state index contributed by atoms with van der Waals surface area (Å²) in [6, 6.07) is 1.50. The number of alkyl halides is 3. The van der Waals surface area contributed by atoms with Crippen LogP contribution in [0.15, 0.2) is 18.2 Å². The summed E-state index contributed by atoms with van der Waals surface area (Å²) in [7, 11) is 4.38. The molecule has 0 spiro atoms. The fourth-order valence-electron chi connectivity index (χ4n) is 3.00. The maximum atomic E-state index is 13.1. The van der Waals surface area contributed by atoms with Crippen LogP contribution in [-0.2, 0) is 4.79 Å². The van der Waals surface area contributed by atoms with Crippen LogP contribution in [0.4, 0.5) is 13.2 Å². The largest absolute Gasteiger partial charge is 0.493 e. The van der Waals surface area contributed by atoms with Crippen molar-refractivity contribution >= 4 is 12.0 Å². The molecule has 0 saturated carbocycles. The smallest absolute Gasteiger partial charge is 0.408 e. The van der Waals surface area contributed by atoms with E-state index in [0.29, 0.717) is 35.7 Å². The molecule has 144 valence electrons. The first-order chi connectivity index (χ1) is 12.3. The van der Waals surface area contributed by atoms with Crippen molar-refractivity contribution in [3.63, 3.8) is 0 Å². The Morgan fingerprint density at radius 1 is 1.12 bits per heavy atom. The molecular formula is C18H22F3NO4. The van der Waals surface area contributed by atoms with Gasteiger partial charge in [0, 0.05) is 12.6 Å². The first-order valence-electron chi connectivity index (χ1n) is 8.17. The molecule has 1 fully saturated rings. The zero-order valence-electron chi connectivity index (χ0n) is 14.9. The minimum absolute atomic E-state index is 0.0622. The number of ether oxygens (including phenoxy) is 3. The second-order valence-corrected chi connectivity index (χ2v) is 5.88. The van der Waals surface area contributed by atoms with Crippen LogP contribution in [0.2, 0.25) is 0 Å². The Morgan fingerprint density at radius 2 is 1.73 bits per heavy atom. The van der Waals surface area contributed by atoms with Crippen molar-refractivity contribution in [3.8, 4) is 17.2 Å². The number of likely N-dealkylation sites (tertiary alicyclic amines) is 1. The van der Waals surface area contributed by atoms with E-state index < -0.39 is 18.1 Å². The lowest BCUT2D eigenvalue weighted by Crippen LogP contribution is -2.50. The molecule has 0 bridgehead atoms. The zero-order chi connectivity index (χ0) is 19.3. The molecule has 5 nitrogen and oxygen atoms in total. The van der Waals surface area contributed by atoms with Gasteiger partial charge in [-0.3, -0.25) is 4.79 Å². The number of halogens is 3. The molecule has 1 aromatic rings. The number of carbonyl (C=O) groups is 1. The van der Waals surface area contributed by atoms with Crippen LogP contribution >= 0.6 is 0 Å². The van der Waals surface area contributed by atoms with Gasteiger partial charge in [-0.25, -0.2) is 0 Å². The lowest BCUT2D eigenvalue weighted by Gasteiger charge is -2.36. The van der Waals surface area contributed by atoms with Crippen molar-refractivity contribution in [2.75, 3.05) is 27.9 Å². The summed E-state index contributed by atoms with van der Waals surface area (Å²) >= 11 is 0. The number of nitrogens with zero attached hydrogens (tertiary/aromatic N) is 1. The summed E-state index contributed by atoms with van der Waals surface area (Å²) in [5.41, 5.74) is 0.549. The number of carbonyl (C=O) groups excluding carboxylic acids is 1. The van der Waals surface area contributed by atoms with Crippen molar-refractivity contribution in [2.45, 2.75) is 31.5 Å². The van der Waals surface area contributed by atoms with Gasteiger partial charge in [0.05, 0.1) is 21.3 Å². The van der Waals surface area contributed by atoms with Crippen LogP contribution in [0.5, 0.6) is 17.2 Å². The first kappa shape index (κ1) is 19.9. The Labute approximate surface area is 150 Å². The Balaban J connectivity index is 2.24. The molecular weight excluding hydrogens is 351 g/mol. The van der Waals surface area contributed by atoms with Crippen LogP contribution in [0.25, 0.3) is 6.08 Å². The summed E-state index contributed by atoms with van der Waals surface area (Å²) in [6.45, 7) is 0.0998. The van der Waals surface area contributed by atoms with Gasteiger partial charge in [0.25, 0.3) is 0 Å². The zero-order valence-corrected chi connectivity index (χ0v) is 14.9. The average Bonchev–Trinajstić information content (AvgIpc) is 2.64. The van der Waals surface area contributed by atoms with Crippen molar-refractivity contribution < 1.29 is 32.2 Å². The Bertz CT molecular complexity index is 648. The number of methoxy groups -OCH3 is 3. The predicted octanol–water partition coefficient (Wildman–Crippen LogP) is 3.67. The van der Waals surface area contributed by atoms with Gasteiger partial charge in [0.15, 0.2) is 11.5 Å². The molecule has 1 aliphatic rings. The number of benzene rings is 1. The highest BCUT2D eigenvalue weighted by atomic mass is 19.4. The monoisotopic (exact) mass is 373 g/mol. The first-order valence-corrected chi connectivity index (χ1v) is 8.17. The molecule has 1 amide bonds. The summed E-state index contributed by atoms with van der Waals surface area (Å²) in [6.07, 6.45) is -0.871. The number of piperidine rings is 1. The van der Waals surface area contributed by atoms with Crippen LogP contribution in [-0.4, -0.2) is 50.9 Å². The van der Waals surface area contributed by atoms with Crippen molar-refractivity contribution in [1.82, 2.24) is 4.90 Å². The Morgan fingerprint density at radius 3 is 2.23 bits per heavy atom. The highest BCUT2D eigenvalue weighted by Gasteiger charge is 2.45. The van der Waals surface area contributed by atoms with Gasteiger partial charge in [0.1, 0.15) is 6.04 Å². The van der Waals surface area contributed by atoms with E-state index in [1.807, 2.05) is 0 Å². The molecule has 1 unspecified atom stereocenters. The topological polar surface area (TPSA) is 48.0 Å². The second-order valence-electron chi connectivity index (χ2n) is 5.88. The summed E-state index contributed by atoms with van der Waals surface area (Å²) < 4.78 is 55.0. The third-order valence-electron chi connectivity index (χ3n) is 4.27. The maximum Gasteiger partial charge on any atom is 0.408 e. The highest BCUT2D eigenvalue weighted by molar-refractivity contribution is 5.92. The van der Waals surface area contributed by atoms with Crippen LogP contribution in [0, 0.1) is 0 Å². The summed E-state index contributed by atoms with van der Waals surface area (Å²) in [4.78, 5) is 13.2. The molecule has 0 aromatic heterocycles. The standard InChI is InChI=1S/C18H22F3NO4/c1-24-13-10-12(11-14(25-2)17(13)26-3)7-8-16(23)22-9-5-4-6-15(22)18(19,20)21/h7-8,10-11,15H,4-6,9H2,1-3H3. The number of amides is 1. The third-order valence-corrected chi connectivity index (χ3v) is 4.27. The van der Waals surface area contributed by atoms with Crippen molar-refractivity contribution in [2.24, 2.45) is 0 Å². The van der Waals surface area contributed by atoms with Crippen LogP contribution in [0.1, 0.15) is 24.8 Å². The maximum absolute atomic E-state index is 13.1. The van der Waals surface area contributed by atoms with E-state index in [4.69, 9.17) is 14.2 Å². The van der Waals surface area contributed by atoms with E-state index in [1.54, 1.807) is 12.1 Å². The van der Waals surface area contributed by atoms with Crippen LogP contribution in [0.3, 0.4) is 0 Å². The van der Waals surface area contributed by atoms with E-state index >= 15 is 0 Å². The van der Waals surface area contributed by atoms with E-state index in [1.165, 1.54) is 27.4 Å². The van der Waals surface area contributed by atoms with Crippen molar-refractivity contribution in [3.05, 3.63) is 23.8 Å². The van der Waals surface area contributed by atoms with Gasteiger partial charge in [-0.15, -0.1) is 0 Å². The lowest BCUT2D eigenvalue weighted by atomic mass is 10.0. The van der Waals surface area contributed by atoms with E-state index in [0.717, 1.165) is 11.0 Å². The molecule has 2 rings (SSSR count). The molecule has 1 aliphatic heterocycles. The number of rotatable bonds is 5.